The van der Waals surface area contributed by atoms with Gasteiger partial charge in [0.05, 0.1) is 0 Å². The molecule has 0 saturated heterocycles. The van der Waals surface area contributed by atoms with E-state index in [9.17, 15) is 14.4 Å². The van der Waals surface area contributed by atoms with Crippen LogP contribution in [0.3, 0.4) is 0 Å². The van der Waals surface area contributed by atoms with Gasteiger partial charge in [0.2, 0.25) is 0 Å². The molecule has 0 radical (unpaired) electrons. The second-order valence-corrected chi connectivity index (χ2v) is 21.0. The van der Waals surface area contributed by atoms with Crippen LogP contribution in [0.25, 0.3) is 0 Å². The largest absolute Gasteiger partial charge is 0.462 e. The van der Waals surface area contributed by atoms with Crippen molar-refractivity contribution in [2.75, 3.05) is 13.2 Å². The van der Waals surface area contributed by atoms with Gasteiger partial charge in [-0.05, 0) is 70.6 Å². The quantitative estimate of drug-likeness (QED) is 0.0261. The summed E-state index contributed by atoms with van der Waals surface area (Å²) in [4.78, 5) is 38.2. The van der Waals surface area contributed by atoms with Gasteiger partial charge < -0.3 is 14.2 Å². The van der Waals surface area contributed by atoms with E-state index in [1.807, 2.05) is 0 Å². The minimum Gasteiger partial charge on any atom is -0.462 e. The smallest absolute Gasteiger partial charge is 0.306 e. The van der Waals surface area contributed by atoms with Gasteiger partial charge in [-0.15, -0.1) is 0 Å². The van der Waals surface area contributed by atoms with E-state index in [1.165, 1.54) is 231 Å². The van der Waals surface area contributed by atoms with E-state index in [4.69, 9.17) is 14.2 Å². The highest BCUT2D eigenvalue weighted by Gasteiger charge is 2.19. The molecule has 0 bridgehead atoms. The Morgan fingerprint density at radius 2 is 0.478 bits per heavy atom. The Morgan fingerprint density at radius 1 is 0.275 bits per heavy atom. The number of carbonyl (C=O) groups excluding carboxylic acids is 3. The zero-order valence-corrected chi connectivity index (χ0v) is 46.6. The molecule has 1 atom stereocenters. The molecule has 0 aromatic heterocycles. The second kappa shape index (κ2) is 58.5. The van der Waals surface area contributed by atoms with Crippen LogP contribution in [-0.2, 0) is 28.6 Å². The molecule has 6 nitrogen and oxygen atoms in total. The number of ether oxygens (including phenoxy) is 3. The summed E-state index contributed by atoms with van der Waals surface area (Å²) in [6.45, 7) is 6.67. The molecule has 0 heterocycles. The summed E-state index contributed by atoms with van der Waals surface area (Å²) in [5, 5.41) is 0. The molecule has 0 spiro atoms. The number of esters is 3. The van der Waals surface area contributed by atoms with Gasteiger partial charge in [-0.1, -0.05) is 276 Å². The number of hydrogen-bond acceptors (Lipinski definition) is 6. The Labute approximate surface area is 430 Å². The summed E-state index contributed by atoms with van der Waals surface area (Å²) < 4.78 is 16.9. The Morgan fingerprint density at radius 3 is 0.725 bits per heavy atom. The second-order valence-electron chi connectivity index (χ2n) is 21.0. The van der Waals surface area contributed by atoms with Crippen molar-refractivity contribution in [3.63, 3.8) is 0 Å². The molecule has 0 aromatic rings. The first-order valence-corrected chi connectivity index (χ1v) is 30.8. The maximum absolute atomic E-state index is 12.9. The highest BCUT2D eigenvalue weighted by Crippen LogP contribution is 2.17. The normalized spacial score (nSPS) is 12.1. The van der Waals surface area contributed by atoms with E-state index in [2.05, 4.69) is 45.1 Å². The fourth-order valence-corrected chi connectivity index (χ4v) is 9.26. The molecule has 1 unspecified atom stereocenters. The van der Waals surface area contributed by atoms with Crippen molar-refractivity contribution in [3.8, 4) is 0 Å². The molecule has 0 amide bonds. The molecule has 0 aromatic carbocycles. The average Bonchev–Trinajstić information content (AvgIpc) is 3.35. The van der Waals surface area contributed by atoms with Gasteiger partial charge in [-0.2, -0.15) is 0 Å². The van der Waals surface area contributed by atoms with Crippen LogP contribution in [0.2, 0.25) is 0 Å². The highest BCUT2D eigenvalue weighted by molar-refractivity contribution is 5.71. The molecule has 0 aliphatic carbocycles. The lowest BCUT2D eigenvalue weighted by Gasteiger charge is -2.18. The zero-order chi connectivity index (χ0) is 50.0. The van der Waals surface area contributed by atoms with Crippen LogP contribution in [0.4, 0.5) is 0 Å². The summed E-state index contributed by atoms with van der Waals surface area (Å²) in [6.07, 6.45) is 68.9. The van der Waals surface area contributed by atoms with Crippen molar-refractivity contribution in [3.05, 3.63) is 24.3 Å². The third-order valence-electron chi connectivity index (χ3n) is 13.9. The molecular weight excluding hydrogens is 853 g/mol. The van der Waals surface area contributed by atoms with Crippen molar-refractivity contribution in [1.29, 1.82) is 0 Å². The van der Waals surface area contributed by atoms with Gasteiger partial charge in [-0.25, -0.2) is 0 Å². The number of unbranched alkanes of at least 4 members (excludes halogenated alkanes) is 42. The van der Waals surface area contributed by atoms with E-state index in [1.54, 1.807) is 0 Å². The van der Waals surface area contributed by atoms with Crippen LogP contribution >= 0.6 is 0 Å². The summed E-state index contributed by atoms with van der Waals surface area (Å²) in [5.74, 6) is -0.867. The van der Waals surface area contributed by atoms with E-state index >= 15 is 0 Å². The molecule has 0 rings (SSSR count). The Balaban J connectivity index is 4.27. The molecule has 406 valence electrons. The van der Waals surface area contributed by atoms with Crippen LogP contribution in [-0.4, -0.2) is 37.2 Å². The number of carbonyl (C=O) groups is 3. The first kappa shape index (κ1) is 66.9. The molecule has 0 aliphatic heterocycles. The number of rotatable bonds is 57. The SMILES string of the molecule is CCCCCCC/C=C\CCCCCCCC(=O)OCC(COC(=O)CCCCCCCCCCCCCCCCCCCCCCCC)OC(=O)CCCCCCC/C=C\CCCCCCCC. The van der Waals surface area contributed by atoms with Crippen molar-refractivity contribution in [2.24, 2.45) is 0 Å². The number of hydrogen-bond donors (Lipinski definition) is 0. The standard InChI is InChI=1S/C63H118O6/c1-4-7-10-13-16-19-22-25-28-29-30-31-32-33-34-36-38-41-44-47-50-53-56-62(65)68-59-60(58-67-61(64)55-52-49-46-43-40-37-27-24-21-18-15-12-9-6-3)69-63(66)57-54-51-48-45-42-39-35-26-23-20-17-14-11-8-5-2/h24,26-27,35,60H,4-23,25,28-34,36-59H2,1-3H3/b27-24-,35-26-. The fraction of sp³-hybridized carbons (Fsp3) is 0.889. The fourth-order valence-electron chi connectivity index (χ4n) is 9.26. The number of allylic oxidation sites excluding steroid dienone is 4. The van der Waals surface area contributed by atoms with E-state index in [0.29, 0.717) is 19.3 Å². The van der Waals surface area contributed by atoms with Crippen molar-refractivity contribution < 1.29 is 28.6 Å². The van der Waals surface area contributed by atoms with Gasteiger partial charge in [0.1, 0.15) is 13.2 Å². The van der Waals surface area contributed by atoms with Crippen molar-refractivity contribution in [2.45, 2.75) is 348 Å². The molecule has 0 N–H and O–H groups in total. The highest BCUT2D eigenvalue weighted by atomic mass is 16.6. The van der Waals surface area contributed by atoms with Gasteiger partial charge in [0.25, 0.3) is 0 Å². The van der Waals surface area contributed by atoms with E-state index < -0.39 is 6.10 Å². The van der Waals surface area contributed by atoms with Gasteiger partial charge in [-0.3, -0.25) is 14.4 Å². The van der Waals surface area contributed by atoms with Crippen LogP contribution < -0.4 is 0 Å². The van der Waals surface area contributed by atoms with Gasteiger partial charge in [0.15, 0.2) is 6.10 Å². The Kier molecular flexibility index (Phi) is 56.7. The maximum atomic E-state index is 12.9. The summed E-state index contributed by atoms with van der Waals surface area (Å²) in [5.41, 5.74) is 0. The summed E-state index contributed by atoms with van der Waals surface area (Å²) in [6, 6.07) is 0. The monoisotopic (exact) mass is 971 g/mol. The van der Waals surface area contributed by atoms with Crippen molar-refractivity contribution in [1.82, 2.24) is 0 Å². The topological polar surface area (TPSA) is 78.9 Å². The lowest BCUT2D eigenvalue weighted by atomic mass is 10.0. The first-order valence-electron chi connectivity index (χ1n) is 30.8. The molecule has 0 aliphatic rings. The molecule has 6 heteroatoms. The lowest BCUT2D eigenvalue weighted by molar-refractivity contribution is -0.167. The third kappa shape index (κ3) is 56.7. The Bertz CT molecular complexity index is 1110. The van der Waals surface area contributed by atoms with Crippen LogP contribution in [0.1, 0.15) is 342 Å². The van der Waals surface area contributed by atoms with Gasteiger partial charge in [0, 0.05) is 19.3 Å². The Hall–Kier alpha value is -2.11. The van der Waals surface area contributed by atoms with Crippen LogP contribution in [0.15, 0.2) is 24.3 Å². The zero-order valence-electron chi connectivity index (χ0n) is 46.6. The van der Waals surface area contributed by atoms with E-state index in [0.717, 1.165) is 70.6 Å². The first-order chi connectivity index (χ1) is 34.0. The molecule has 0 saturated carbocycles. The third-order valence-corrected chi connectivity index (χ3v) is 13.9. The van der Waals surface area contributed by atoms with Crippen LogP contribution in [0, 0.1) is 0 Å². The minimum atomic E-state index is -0.775. The molecular formula is C63H118O6. The lowest BCUT2D eigenvalue weighted by Crippen LogP contribution is -2.30. The molecule has 0 fully saturated rings. The summed E-state index contributed by atoms with van der Waals surface area (Å²) >= 11 is 0. The van der Waals surface area contributed by atoms with Crippen LogP contribution in [0.5, 0.6) is 0 Å². The van der Waals surface area contributed by atoms with Crippen molar-refractivity contribution >= 4 is 17.9 Å². The summed E-state index contributed by atoms with van der Waals surface area (Å²) in [7, 11) is 0. The molecule has 69 heavy (non-hydrogen) atoms. The predicted molar refractivity (Wildman–Crippen MR) is 298 cm³/mol. The minimum absolute atomic E-state index is 0.0726. The van der Waals surface area contributed by atoms with E-state index in [-0.39, 0.29) is 31.1 Å². The average molecular weight is 972 g/mol. The predicted octanol–water partition coefficient (Wildman–Crippen LogP) is 20.7. The van der Waals surface area contributed by atoms with Gasteiger partial charge >= 0.3 is 17.9 Å². The maximum Gasteiger partial charge on any atom is 0.306 e.